The van der Waals surface area contributed by atoms with E-state index in [0.29, 0.717) is 12.0 Å². The normalized spacial score (nSPS) is 9.18. The van der Waals surface area contributed by atoms with E-state index in [9.17, 15) is 4.39 Å². The maximum Gasteiger partial charge on any atom is 0.144 e. The molecular formula is C8H7FN2. The quantitative estimate of drug-likeness (QED) is 0.610. The van der Waals surface area contributed by atoms with E-state index in [2.05, 4.69) is 4.98 Å². The standard InChI is InChI=1S/C8H7FN2/c1-2-6-3-7(4-10)11-5-8(6)9/h3,5H,2H2,1H3. The fourth-order valence-electron chi connectivity index (χ4n) is 0.812. The number of hydrogen-bond donors (Lipinski definition) is 0. The lowest BCUT2D eigenvalue weighted by molar-refractivity contribution is 0.605. The Morgan fingerprint density at radius 1 is 1.73 bits per heavy atom. The van der Waals surface area contributed by atoms with Gasteiger partial charge in [0.15, 0.2) is 0 Å². The highest BCUT2D eigenvalue weighted by Crippen LogP contribution is 2.07. The van der Waals surface area contributed by atoms with Crippen LogP contribution in [0.25, 0.3) is 0 Å². The van der Waals surface area contributed by atoms with Crippen molar-refractivity contribution < 1.29 is 4.39 Å². The van der Waals surface area contributed by atoms with Crippen LogP contribution in [0.5, 0.6) is 0 Å². The number of hydrogen-bond acceptors (Lipinski definition) is 2. The van der Waals surface area contributed by atoms with Crippen molar-refractivity contribution in [3.8, 4) is 6.07 Å². The Kier molecular flexibility index (Phi) is 2.17. The van der Waals surface area contributed by atoms with Crippen molar-refractivity contribution in [1.29, 1.82) is 5.26 Å². The van der Waals surface area contributed by atoms with Gasteiger partial charge >= 0.3 is 0 Å². The fourth-order valence-corrected chi connectivity index (χ4v) is 0.812. The minimum atomic E-state index is -0.341. The lowest BCUT2D eigenvalue weighted by Gasteiger charge is -1.96. The van der Waals surface area contributed by atoms with Crippen molar-refractivity contribution in [3.05, 3.63) is 29.3 Å². The highest BCUT2D eigenvalue weighted by Gasteiger charge is 2.00. The first-order valence-electron chi connectivity index (χ1n) is 3.32. The molecule has 1 heterocycles. The molecule has 1 aromatic heterocycles. The molecule has 0 amide bonds. The Bertz CT molecular complexity index is 301. The summed E-state index contributed by atoms with van der Waals surface area (Å²) in [6, 6.07) is 3.32. The highest BCUT2D eigenvalue weighted by molar-refractivity contribution is 5.26. The van der Waals surface area contributed by atoms with E-state index in [-0.39, 0.29) is 11.5 Å². The van der Waals surface area contributed by atoms with E-state index in [1.165, 1.54) is 6.07 Å². The predicted octanol–water partition coefficient (Wildman–Crippen LogP) is 1.65. The summed E-state index contributed by atoms with van der Waals surface area (Å²) in [7, 11) is 0. The molecule has 0 aliphatic rings. The summed E-state index contributed by atoms with van der Waals surface area (Å²) in [6.07, 6.45) is 1.67. The zero-order valence-corrected chi connectivity index (χ0v) is 6.13. The molecule has 0 spiro atoms. The molecule has 56 valence electrons. The minimum absolute atomic E-state index is 0.267. The largest absolute Gasteiger partial charge is 0.242 e. The third-order valence-electron chi connectivity index (χ3n) is 1.43. The minimum Gasteiger partial charge on any atom is -0.242 e. The van der Waals surface area contributed by atoms with Crippen molar-refractivity contribution in [2.24, 2.45) is 0 Å². The van der Waals surface area contributed by atoms with Crippen molar-refractivity contribution in [1.82, 2.24) is 4.98 Å². The van der Waals surface area contributed by atoms with Gasteiger partial charge in [-0.1, -0.05) is 6.92 Å². The third-order valence-corrected chi connectivity index (χ3v) is 1.43. The Balaban J connectivity index is 3.15. The molecule has 11 heavy (non-hydrogen) atoms. The van der Waals surface area contributed by atoms with Crippen LogP contribution in [-0.4, -0.2) is 4.98 Å². The lowest BCUT2D eigenvalue weighted by atomic mass is 10.2. The van der Waals surface area contributed by atoms with Crippen LogP contribution in [0.1, 0.15) is 18.2 Å². The third kappa shape index (κ3) is 1.53. The zero-order chi connectivity index (χ0) is 8.27. The molecule has 0 aromatic carbocycles. The monoisotopic (exact) mass is 150 g/mol. The summed E-state index contributed by atoms with van der Waals surface area (Å²) in [5.41, 5.74) is 0.805. The Morgan fingerprint density at radius 3 is 3.00 bits per heavy atom. The van der Waals surface area contributed by atoms with Crippen LogP contribution in [0, 0.1) is 17.1 Å². The van der Waals surface area contributed by atoms with Gasteiger partial charge in [-0.3, -0.25) is 0 Å². The summed E-state index contributed by atoms with van der Waals surface area (Å²) in [6.45, 7) is 1.83. The van der Waals surface area contributed by atoms with Crippen molar-refractivity contribution >= 4 is 0 Å². The smallest absolute Gasteiger partial charge is 0.144 e. The van der Waals surface area contributed by atoms with Crippen LogP contribution in [-0.2, 0) is 6.42 Å². The molecule has 0 saturated heterocycles. The Hall–Kier alpha value is -1.43. The van der Waals surface area contributed by atoms with E-state index < -0.39 is 0 Å². The van der Waals surface area contributed by atoms with Gasteiger partial charge in [0.05, 0.1) is 6.20 Å². The van der Waals surface area contributed by atoms with E-state index in [4.69, 9.17) is 5.26 Å². The van der Waals surface area contributed by atoms with Gasteiger partial charge in [-0.05, 0) is 18.1 Å². The molecular weight excluding hydrogens is 143 g/mol. The second kappa shape index (κ2) is 3.11. The number of nitrogens with zero attached hydrogens (tertiary/aromatic N) is 2. The second-order valence-corrected chi connectivity index (χ2v) is 2.13. The summed E-state index contributed by atoms with van der Waals surface area (Å²) in [5, 5.41) is 8.41. The Labute approximate surface area is 64.3 Å². The van der Waals surface area contributed by atoms with Crippen LogP contribution < -0.4 is 0 Å². The van der Waals surface area contributed by atoms with Gasteiger partial charge in [-0.25, -0.2) is 9.37 Å². The molecule has 0 aliphatic heterocycles. The molecule has 1 aromatic rings. The van der Waals surface area contributed by atoms with Crippen LogP contribution in [0.2, 0.25) is 0 Å². The molecule has 0 fully saturated rings. The van der Waals surface area contributed by atoms with Crippen LogP contribution >= 0.6 is 0 Å². The highest BCUT2D eigenvalue weighted by atomic mass is 19.1. The van der Waals surface area contributed by atoms with Gasteiger partial charge < -0.3 is 0 Å². The van der Waals surface area contributed by atoms with Crippen LogP contribution in [0.3, 0.4) is 0 Å². The number of pyridine rings is 1. The van der Waals surface area contributed by atoms with Gasteiger partial charge in [-0.2, -0.15) is 5.26 Å². The molecule has 0 saturated carbocycles. The number of rotatable bonds is 1. The first kappa shape index (κ1) is 7.67. The molecule has 0 aliphatic carbocycles. The van der Waals surface area contributed by atoms with Crippen molar-refractivity contribution in [3.63, 3.8) is 0 Å². The van der Waals surface area contributed by atoms with Crippen LogP contribution in [0.15, 0.2) is 12.3 Å². The molecule has 0 radical (unpaired) electrons. The molecule has 1 rings (SSSR count). The maximum absolute atomic E-state index is 12.7. The van der Waals surface area contributed by atoms with Crippen molar-refractivity contribution in [2.75, 3.05) is 0 Å². The van der Waals surface area contributed by atoms with E-state index in [0.717, 1.165) is 6.20 Å². The second-order valence-electron chi connectivity index (χ2n) is 2.13. The van der Waals surface area contributed by atoms with E-state index in [1.54, 1.807) is 0 Å². The van der Waals surface area contributed by atoms with E-state index >= 15 is 0 Å². The fraction of sp³-hybridized carbons (Fsp3) is 0.250. The zero-order valence-electron chi connectivity index (χ0n) is 6.13. The number of aryl methyl sites for hydroxylation is 1. The summed E-state index contributed by atoms with van der Waals surface area (Å²) < 4.78 is 12.7. The summed E-state index contributed by atoms with van der Waals surface area (Å²) >= 11 is 0. The lowest BCUT2D eigenvalue weighted by Crippen LogP contribution is -1.91. The molecule has 0 bridgehead atoms. The average Bonchev–Trinajstić information content (AvgIpc) is 2.05. The molecule has 0 unspecified atom stereocenters. The first-order valence-corrected chi connectivity index (χ1v) is 3.32. The van der Waals surface area contributed by atoms with Gasteiger partial charge in [0, 0.05) is 0 Å². The average molecular weight is 150 g/mol. The van der Waals surface area contributed by atoms with Crippen molar-refractivity contribution in [2.45, 2.75) is 13.3 Å². The van der Waals surface area contributed by atoms with Gasteiger partial charge in [0.25, 0.3) is 0 Å². The summed E-state index contributed by atoms with van der Waals surface area (Å²) in [4.78, 5) is 3.57. The molecule has 3 heteroatoms. The van der Waals surface area contributed by atoms with Crippen LogP contribution in [0.4, 0.5) is 4.39 Å². The van der Waals surface area contributed by atoms with Gasteiger partial charge in [0.2, 0.25) is 0 Å². The SMILES string of the molecule is CCc1cc(C#N)ncc1F. The topological polar surface area (TPSA) is 36.7 Å². The van der Waals surface area contributed by atoms with E-state index in [1.807, 2.05) is 13.0 Å². The predicted molar refractivity (Wildman–Crippen MR) is 38.3 cm³/mol. The molecule has 0 N–H and O–H groups in total. The Morgan fingerprint density at radius 2 is 2.45 bits per heavy atom. The maximum atomic E-state index is 12.7. The first-order chi connectivity index (χ1) is 5.27. The van der Waals surface area contributed by atoms with Gasteiger partial charge in [0.1, 0.15) is 17.6 Å². The molecule has 0 atom stereocenters. The number of nitriles is 1. The number of aromatic nitrogens is 1. The van der Waals surface area contributed by atoms with Gasteiger partial charge in [-0.15, -0.1) is 0 Å². The number of halogens is 1. The summed E-state index contributed by atoms with van der Waals surface area (Å²) in [5.74, 6) is -0.341. The molecule has 2 nitrogen and oxygen atoms in total.